The molecule has 0 spiro atoms. The van der Waals surface area contributed by atoms with Crippen molar-refractivity contribution in [2.24, 2.45) is 0 Å². The van der Waals surface area contributed by atoms with Crippen LogP contribution in [0.15, 0.2) is 11.0 Å². The van der Waals surface area contributed by atoms with E-state index in [-0.39, 0.29) is 22.3 Å². The summed E-state index contributed by atoms with van der Waals surface area (Å²) in [7, 11) is -3.70. The number of ether oxygens (including phenoxy) is 1. The molecule has 1 unspecified atom stereocenters. The van der Waals surface area contributed by atoms with Crippen molar-refractivity contribution in [1.82, 2.24) is 4.72 Å². The Hall–Kier alpha value is -1.18. The monoisotopic (exact) mass is 316 g/mol. The minimum absolute atomic E-state index is 0.0636. The average Bonchev–Trinajstić information content (AvgIpc) is 2.88. The lowest BCUT2D eigenvalue weighted by Crippen LogP contribution is -2.28. The molecule has 0 bridgehead atoms. The second-order valence-electron chi connectivity index (χ2n) is 5.36. The summed E-state index contributed by atoms with van der Waals surface area (Å²) >= 11 is 0. The van der Waals surface area contributed by atoms with E-state index >= 15 is 0 Å². The number of rotatable bonds is 5. The molecule has 1 aromatic rings. The zero-order chi connectivity index (χ0) is 15.6. The molecule has 1 aromatic carbocycles. The second-order valence-corrected chi connectivity index (χ2v) is 7.07. The fourth-order valence-corrected chi connectivity index (χ4v) is 4.17. The molecule has 1 fully saturated rings. The van der Waals surface area contributed by atoms with Gasteiger partial charge in [-0.25, -0.2) is 17.5 Å². The van der Waals surface area contributed by atoms with Crippen LogP contribution >= 0.6 is 0 Å². The maximum Gasteiger partial charge on any atom is 0.241 e. The van der Waals surface area contributed by atoms with E-state index in [9.17, 15) is 12.8 Å². The first-order valence-electron chi connectivity index (χ1n) is 6.99. The molecule has 21 heavy (non-hydrogen) atoms. The molecule has 0 radical (unpaired) electrons. The maximum atomic E-state index is 13.5. The van der Waals surface area contributed by atoms with Crippen molar-refractivity contribution in [3.05, 3.63) is 23.0 Å². The lowest BCUT2D eigenvalue weighted by Gasteiger charge is -2.15. The fourth-order valence-electron chi connectivity index (χ4n) is 2.64. The van der Waals surface area contributed by atoms with Crippen molar-refractivity contribution in [1.29, 1.82) is 0 Å². The van der Waals surface area contributed by atoms with Gasteiger partial charge in [0.15, 0.2) is 0 Å². The van der Waals surface area contributed by atoms with Gasteiger partial charge in [0, 0.05) is 13.2 Å². The van der Waals surface area contributed by atoms with Crippen molar-refractivity contribution in [2.75, 3.05) is 18.9 Å². The number of nitrogen functional groups attached to an aromatic ring is 1. The highest BCUT2D eigenvalue weighted by Gasteiger charge is 2.23. The highest BCUT2D eigenvalue weighted by Crippen LogP contribution is 2.27. The molecule has 1 aliphatic heterocycles. The molecule has 2 rings (SSSR count). The molecule has 1 heterocycles. The van der Waals surface area contributed by atoms with E-state index in [1.807, 2.05) is 0 Å². The molecule has 5 nitrogen and oxygen atoms in total. The van der Waals surface area contributed by atoms with Crippen molar-refractivity contribution in [3.8, 4) is 0 Å². The van der Waals surface area contributed by atoms with Crippen LogP contribution < -0.4 is 10.5 Å². The highest BCUT2D eigenvalue weighted by molar-refractivity contribution is 7.89. The molecule has 3 N–H and O–H groups in total. The quantitative estimate of drug-likeness (QED) is 0.813. The molecule has 1 saturated heterocycles. The third kappa shape index (κ3) is 3.53. The van der Waals surface area contributed by atoms with Gasteiger partial charge in [0.25, 0.3) is 0 Å². The normalized spacial score (nSPS) is 19.1. The highest BCUT2D eigenvalue weighted by atomic mass is 32.2. The number of halogens is 1. The molecular weight excluding hydrogens is 295 g/mol. The summed E-state index contributed by atoms with van der Waals surface area (Å²) in [6, 6.07) is 1.15. The van der Waals surface area contributed by atoms with Crippen LogP contribution in [0.2, 0.25) is 0 Å². The first-order valence-corrected chi connectivity index (χ1v) is 8.47. The van der Waals surface area contributed by atoms with Gasteiger partial charge in [-0.15, -0.1) is 0 Å². The largest absolute Gasteiger partial charge is 0.396 e. The molecule has 0 aliphatic carbocycles. The fraction of sp³-hybridized carbons (Fsp3) is 0.571. The molecule has 0 amide bonds. The molecule has 118 valence electrons. The predicted molar refractivity (Wildman–Crippen MR) is 79.1 cm³/mol. The Bertz CT molecular complexity index is 626. The molecule has 0 saturated carbocycles. The third-order valence-corrected chi connectivity index (χ3v) is 5.50. The minimum atomic E-state index is -3.70. The van der Waals surface area contributed by atoms with Crippen LogP contribution in [0.25, 0.3) is 0 Å². The van der Waals surface area contributed by atoms with Gasteiger partial charge in [-0.1, -0.05) is 0 Å². The van der Waals surface area contributed by atoms with E-state index in [0.717, 1.165) is 25.5 Å². The van der Waals surface area contributed by atoms with Gasteiger partial charge in [0.2, 0.25) is 10.0 Å². The number of sulfonamides is 1. The van der Waals surface area contributed by atoms with E-state index < -0.39 is 15.8 Å². The van der Waals surface area contributed by atoms with Crippen LogP contribution in [0.4, 0.5) is 10.1 Å². The zero-order valence-electron chi connectivity index (χ0n) is 12.3. The number of anilines is 1. The zero-order valence-corrected chi connectivity index (χ0v) is 13.1. The molecular formula is C14H21FN2O3S. The summed E-state index contributed by atoms with van der Waals surface area (Å²) in [6.07, 6.45) is 2.73. The molecule has 1 aliphatic rings. The van der Waals surface area contributed by atoms with Gasteiger partial charge in [0.1, 0.15) is 5.82 Å². The summed E-state index contributed by atoms with van der Waals surface area (Å²) in [6.45, 7) is 4.11. The van der Waals surface area contributed by atoms with Crippen molar-refractivity contribution in [3.63, 3.8) is 0 Å². The summed E-state index contributed by atoms with van der Waals surface area (Å²) in [5.74, 6) is -0.594. The predicted octanol–water partition coefficient (Wildman–Crippen LogP) is 1.87. The van der Waals surface area contributed by atoms with Gasteiger partial charge < -0.3 is 10.5 Å². The van der Waals surface area contributed by atoms with E-state index in [0.29, 0.717) is 18.5 Å². The first kappa shape index (κ1) is 16.2. The molecule has 1 atom stereocenters. The Morgan fingerprint density at radius 3 is 2.81 bits per heavy atom. The lowest BCUT2D eigenvalue weighted by molar-refractivity contribution is 0.105. The number of hydrogen-bond donors (Lipinski definition) is 2. The van der Waals surface area contributed by atoms with Gasteiger partial charge in [-0.2, -0.15) is 0 Å². The van der Waals surface area contributed by atoms with Crippen LogP contribution in [-0.4, -0.2) is 27.7 Å². The second kappa shape index (κ2) is 6.29. The Morgan fingerprint density at radius 1 is 1.48 bits per heavy atom. The van der Waals surface area contributed by atoms with Crippen LogP contribution in [-0.2, 0) is 14.8 Å². The van der Waals surface area contributed by atoms with E-state index in [1.54, 1.807) is 6.92 Å². The molecule has 0 aromatic heterocycles. The number of aryl methyl sites for hydroxylation is 1. The lowest BCUT2D eigenvalue weighted by atomic mass is 10.1. The Morgan fingerprint density at radius 2 is 2.19 bits per heavy atom. The number of benzene rings is 1. The Kier molecular flexibility index (Phi) is 4.85. The number of nitrogens with one attached hydrogen (secondary N) is 1. The van der Waals surface area contributed by atoms with E-state index in [1.165, 1.54) is 6.92 Å². The van der Waals surface area contributed by atoms with Crippen molar-refractivity contribution < 1.29 is 17.5 Å². The average molecular weight is 316 g/mol. The third-order valence-electron chi connectivity index (χ3n) is 3.75. The summed E-state index contributed by atoms with van der Waals surface area (Å²) < 4.78 is 46.3. The molecule has 7 heteroatoms. The van der Waals surface area contributed by atoms with Crippen molar-refractivity contribution in [2.45, 2.75) is 44.1 Å². The van der Waals surface area contributed by atoms with Crippen molar-refractivity contribution >= 4 is 15.7 Å². The van der Waals surface area contributed by atoms with Gasteiger partial charge in [-0.3, -0.25) is 0 Å². The van der Waals surface area contributed by atoms with Gasteiger partial charge in [-0.05, 0) is 50.3 Å². The SMILES string of the molecule is Cc1cc(F)c(N)c(C)c1S(=O)(=O)NCCC1CCCO1. The smallest absolute Gasteiger partial charge is 0.241 e. The topological polar surface area (TPSA) is 81.4 Å². The van der Waals surface area contributed by atoms with Crippen LogP contribution in [0.5, 0.6) is 0 Å². The van der Waals surface area contributed by atoms with Crippen LogP contribution in [0.3, 0.4) is 0 Å². The minimum Gasteiger partial charge on any atom is -0.396 e. The Balaban J connectivity index is 2.14. The standard InChI is InChI=1S/C14H21FN2O3S/c1-9-8-12(15)13(16)10(2)14(9)21(18,19)17-6-5-11-4-3-7-20-11/h8,11,17H,3-7,16H2,1-2H3. The van der Waals surface area contributed by atoms with Gasteiger partial charge >= 0.3 is 0 Å². The summed E-state index contributed by atoms with van der Waals surface area (Å²) in [5, 5.41) is 0. The summed E-state index contributed by atoms with van der Waals surface area (Å²) in [5.41, 5.74) is 6.06. The number of hydrogen-bond acceptors (Lipinski definition) is 4. The first-order chi connectivity index (χ1) is 9.83. The van der Waals surface area contributed by atoms with E-state index in [4.69, 9.17) is 10.5 Å². The Labute approximate surface area is 124 Å². The van der Waals surface area contributed by atoms with Crippen LogP contribution in [0, 0.1) is 19.7 Å². The number of nitrogens with two attached hydrogens (primary N) is 1. The van der Waals surface area contributed by atoms with Gasteiger partial charge in [0.05, 0.1) is 16.7 Å². The summed E-state index contributed by atoms with van der Waals surface area (Å²) in [4.78, 5) is 0.0636. The van der Waals surface area contributed by atoms with Crippen LogP contribution in [0.1, 0.15) is 30.4 Å². The maximum absolute atomic E-state index is 13.5. The van der Waals surface area contributed by atoms with E-state index in [2.05, 4.69) is 4.72 Å².